The zero-order valence-corrected chi connectivity index (χ0v) is 31.9. The second-order valence-electron chi connectivity index (χ2n) is 15.6. The van der Waals surface area contributed by atoms with E-state index in [4.69, 9.17) is 23.7 Å². The number of methoxy groups -OCH3 is 1. The van der Waals surface area contributed by atoms with Crippen molar-refractivity contribution < 1.29 is 53.7 Å². The minimum atomic E-state index is -2.42. The van der Waals surface area contributed by atoms with Crippen LogP contribution in [0.3, 0.4) is 0 Å². The van der Waals surface area contributed by atoms with Crippen molar-refractivity contribution in [2.75, 3.05) is 26.9 Å². The predicted molar refractivity (Wildman–Crippen MR) is 211 cm³/mol. The summed E-state index contributed by atoms with van der Waals surface area (Å²) in [4.78, 5) is 32.9. The number of ether oxygens (including phenoxy) is 5. The molecule has 0 unspecified atom stereocenters. The van der Waals surface area contributed by atoms with Gasteiger partial charge in [-0.3, -0.25) is 9.59 Å². The molecule has 0 spiro atoms. The average molecular weight is 789 g/mol. The van der Waals surface area contributed by atoms with Gasteiger partial charge in [-0.15, -0.1) is 0 Å². The molecule has 58 heavy (non-hydrogen) atoms. The molecule has 0 radical (unpaired) electrons. The molecule has 4 aromatic carbocycles. The Morgan fingerprint density at radius 2 is 1.88 bits per heavy atom. The van der Waals surface area contributed by atoms with E-state index in [-0.39, 0.29) is 67.0 Å². The summed E-state index contributed by atoms with van der Waals surface area (Å²) in [5.41, 5.74) is 2.09. The molecule has 13 nitrogen and oxygen atoms in total. The van der Waals surface area contributed by atoms with Crippen LogP contribution in [0.5, 0.6) is 17.2 Å². The van der Waals surface area contributed by atoms with Crippen molar-refractivity contribution in [2.24, 2.45) is 0 Å². The lowest BCUT2D eigenvalue weighted by atomic mass is 9.86. The molecule has 6 bridgehead atoms. The SMILES string of the molecule is COc1cc2c3c(O)c(c(C4CCCC4)cc3c1)C(=O)CN1Cc3c(cccc3C1=O)CC#CO[C@H]1[C@H](O)[C@@H](COCc3c[nH]c4ccccc34)O[C@H](O2)[C@@]1(O)CO. The molecule has 5 atom stereocenters. The molecule has 5 aromatic rings. The van der Waals surface area contributed by atoms with Gasteiger partial charge in [-0.05, 0) is 65.1 Å². The van der Waals surface area contributed by atoms with Gasteiger partial charge in [-0.1, -0.05) is 49.1 Å². The third kappa shape index (κ3) is 6.51. The van der Waals surface area contributed by atoms with E-state index >= 15 is 0 Å². The van der Waals surface area contributed by atoms with Crippen molar-refractivity contribution in [3.63, 3.8) is 0 Å². The van der Waals surface area contributed by atoms with E-state index in [2.05, 4.69) is 17.0 Å². The first-order valence-corrected chi connectivity index (χ1v) is 19.6. The molecule has 13 heteroatoms. The number of para-hydroxylation sites is 1. The minimum absolute atomic E-state index is 0.00935. The van der Waals surface area contributed by atoms with Crippen LogP contribution in [0.25, 0.3) is 21.7 Å². The van der Waals surface area contributed by atoms with E-state index in [9.17, 15) is 30.0 Å². The van der Waals surface area contributed by atoms with Crippen LogP contribution in [0.15, 0.2) is 66.9 Å². The van der Waals surface area contributed by atoms with Crippen molar-refractivity contribution in [1.82, 2.24) is 9.88 Å². The fraction of sp³-hybridized carbons (Fsp3) is 0.378. The number of Topliss-reactive ketones (excluding diaryl/α,β-unsaturated/α-hetero) is 1. The molecule has 1 aromatic heterocycles. The molecule has 9 rings (SSSR count). The molecule has 1 aliphatic carbocycles. The zero-order valence-electron chi connectivity index (χ0n) is 31.9. The van der Waals surface area contributed by atoms with Gasteiger partial charge >= 0.3 is 0 Å². The van der Waals surface area contributed by atoms with Gasteiger partial charge < -0.3 is 54.0 Å². The predicted octanol–water partition coefficient (Wildman–Crippen LogP) is 4.84. The number of carbonyl (C=O) groups is 2. The quantitative estimate of drug-likeness (QED) is 0.143. The number of aromatic hydroxyl groups is 1. The fourth-order valence-corrected chi connectivity index (χ4v) is 9.02. The molecule has 5 N–H and O–H groups in total. The number of aliphatic hydroxyl groups is 3. The number of amides is 1. The molecule has 300 valence electrons. The lowest BCUT2D eigenvalue weighted by Crippen LogP contribution is -2.70. The van der Waals surface area contributed by atoms with Crippen LogP contribution >= 0.6 is 0 Å². The van der Waals surface area contributed by atoms with Crippen LogP contribution in [0, 0.1) is 12.0 Å². The first kappa shape index (κ1) is 37.9. The molecular formula is C45H44N2O11. The van der Waals surface area contributed by atoms with E-state index in [1.54, 1.807) is 18.2 Å². The highest BCUT2D eigenvalue weighted by Gasteiger charge is 2.58. The number of hydrogen-bond donors (Lipinski definition) is 5. The molecule has 4 heterocycles. The summed E-state index contributed by atoms with van der Waals surface area (Å²) in [5.74, 6) is 2.15. The second kappa shape index (κ2) is 15.3. The normalized spacial score (nSPS) is 24.7. The summed E-state index contributed by atoms with van der Waals surface area (Å²) >= 11 is 0. The Hall–Kier alpha value is -5.62. The number of benzene rings is 4. The van der Waals surface area contributed by atoms with Crippen molar-refractivity contribution >= 4 is 33.4 Å². The van der Waals surface area contributed by atoms with Crippen LogP contribution in [-0.2, 0) is 33.8 Å². The van der Waals surface area contributed by atoms with Crippen LogP contribution in [0.4, 0.5) is 0 Å². The Morgan fingerprint density at radius 3 is 2.69 bits per heavy atom. The molecule has 1 amide bonds. The maximum Gasteiger partial charge on any atom is 0.254 e. The summed E-state index contributed by atoms with van der Waals surface area (Å²) in [6.45, 7) is -1.11. The number of H-pyrrole nitrogens is 1. The maximum atomic E-state index is 14.5. The molecule has 4 aliphatic rings. The lowest BCUT2D eigenvalue weighted by Gasteiger charge is -2.47. The van der Waals surface area contributed by atoms with E-state index in [1.165, 1.54) is 18.1 Å². The topological polar surface area (TPSA) is 180 Å². The van der Waals surface area contributed by atoms with E-state index < -0.39 is 42.6 Å². The number of hydrogen-bond acceptors (Lipinski definition) is 11. The Labute approximate surface area is 334 Å². The first-order chi connectivity index (χ1) is 28.2. The van der Waals surface area contributed by atoms with Gasteiger partial charge in [0.25, 0.3) is 5.91 Å². The van der Waals surface area contributed by atoms with Gasteiger partial charge in [-0.2, -0.15) is 0 Å². The van der Waals surface area contributed by atoms with Crippen molar-refractivity contribution in [3.8, 4) is 29.3 Å². The summed E-state index contributed by atoms with van der Waals surface area (Å²) in [7, 11) is 1.47. The number of phenols is 1. The zero-order chi connectivity index (χ0) is 40.1. The van der Waals surface area contributed by atoms with Gasteiger partial charge in [0.1, 0.15) is 35.6 Å². The van der Waals surface area contributed by atoms with Gasteiger partial charge in [0.2, 0.25) is 6.29 Å². The number of rotatable bonds is 7. The highest BCUT2D eigenvalue weighted by Crippen LogP contribution is 2.47. The number of nitrogens with zero attached hydrogens (tertiary/aromatic N) is 1. The van der Waals surface area contributed by atoms with E-state index in [1.807, 2.05) is 42.6 Å². The number of fused-ring (bicyclic) bond motifs is 5. The van der Waals surface area contributed by atoms with E-state index in [0.717, 1.165) is 53.3 Å². The Kier molecular flexibility index (Phi) is 9.99. The third-order valence-corrected chi connectivity index (χ3v) is 12.1. The average Bonchev–Trinajstić information content (AvgIpc) is 3.99. The van der Waals surface area contributed by atoms with Gasteiger partial charge in [-0.25, -0.2) is 0 Å². The minimum Gasteiger partial charge on any atom is -0.506 e. The lowest BCUT2D eigenvalue weighted by molar-refractivity contribution is -0.327. The Morgan fingerprint density at radius 1 is 1.05 bits per heavy atom. The maximum absolute atomic E-state index is 14.5. The summed E-state index contributed by atoms with van der Waals surface area (Å²) in [6, 6.07) is 18.1. The number of nitrogens with one attached hydrogen (secondary N) is 1. The molecule has 1 saturated heterocycles. The number of aromatic amines is 1. The van der Waals surface area contributed by atoms with Gasteiger partial charge in [0.05, 0.1) is 44.4 Å². The number of carbonyl (C=O) groups excluding carboxylic acids is 2. The summed E-state index contributed by atoms with van der Waals surface area (Å²) in [5, 5.41) is 48.7. The molecule has 3 aliphatic heterocycles. The molecule has 2 fully saturated rings. The van der Waals surface area contributed by atoms with Gasteiger partial charge in [0, 0.05) is 47.3 Å². The highest BCUT2D eigenvalue weighted by molar-refractivity contribution is 6.11. The van der Waals surface area contributed by atoms with Crippen LogP contribution in [0.2, 0.25) is 0 Å². The smallest absolute Gasteiger partial charge is 0.254 e. The molecular weight excluding hydrogens is 744 g/mol. The van der Waals surface area contributed by atoms with Crippen molar-refractivity contribution in [3.05, 3.63) is 100 Å². The third-order valence-electron chi connectivity index (χ3n) is 12.1. The number of phenolic OH excluding ortho intramolecular Hbond substituents is 1. The first-order valence-electron chi connectivity index (χ1n) is 19.6. The number of aliphatic hydroxyl groups excluding tert-OH is 2. The Balaban J connectivity index is 1.16. The van der Waals surface area contributed by atoms with Gasteiger partial charge in [0.15, 0.2) is 17.5 Å². The van der Waals surface area contributed by atoms with Crippen molar-refractivity contribution in [2.45, 2.75) is 81.4 Å². The Bertz CT molecular complexity index is 2480. The molecule has 1 saturated carbocycles. The standard InChI is InChI=1S/C45H44N2O11/c1-54-29-16-27-17-32(25-8-2-3-9-25)39-35(49)21-47-20-33-26(10-6-13-31(33)43(47)52)11-7-15-56-42-40(50)37(23-55-22-28-19-46-34-14-5-4-12-30(28)34)58-44(45(42,53)24-48)57-36(18-29)38(27)41(39)51/h4-6,10,12-14,16-19,25,37,40,42,44,46,48,50-51,53H,2-3,8-9,11,20-24H2,1H3/t37-,40-,42+,44+,45-/m1/s1. The van der Waals surface area contributed by atoms with Crippen molar-refractivity contribution in [1.29, 1.82) is 0 Å². The highest BCUT2D eigenvalue weighted by atomic mass is 16.7. The number of aromatic nitrogens is 1. The summed E-state index contributed by atoms with van der Waals surface area (Å²) in [6.07, 6.45) is 2.13. The monoisotopic (exact) mass is 788 g/mol. The van der Waals surface area contributed by atoms with E-state index in [0.29, 0.717) is 22.3 Å². The fourth-order valence-electron chi connectivity index (χ4n) is 9.02. The second-order valence-corrected chi connectivity index (χ2v) is 15.6. The largest absolute Gasteiger partial charge is 0.506 e. The van der Waals surface area contributed by atoms with Crippen LogP contribution in [0.1, 0.15) is 74.6 Å². The summed E-state index contributed by atoms with van der Waals surface area (Å²) < 4.78 is 30.4. The van der Waals surface area contributed by atoms with Crippen LogP contribution in [-0.4, -0.2) is 99.1 Å². The number of ketones is 1. The van der Waals surface area contributed by atoms with Crippen LogP contribution < -0.4 is 9.47 Å².